The van der Waals surface area contributed by atoms with Gasteiger partial charge < -0.3 is 14.4 Å². The highest BCUT2D eigenvalue weighted by atomic mass is 16.4. The van der Waals surface area contributed by atoms with Crippen LogP contribution in [0.2, 0.25) is 0 Å². The zero-order valence-corrected chi connectivity index (χ0v) is 24.1. The highest BCUT2D eigenvalue weighted by Gasteiger charge is 2.19. The third-order valence-electron chi connectivity index (χ3n) is 8.29. The summed E-state index contributed by atoms with van der Waals surface area (Å²) in [6, 6.07) is 28.8. The lowest BCUT2D eigenvalue weighted by atomic mass is 9.91. The predicted molar refractivity (Wildman–Crippen MR) is 171 cm³/mol. The van der Waals surface area contributed by atoms with Gasteiger partial charge >= 0.3 is 5.97 Å². The molecule has 0 radical (unpaired) electrons. The minimum Gasteiger partial charge on any atom is -0.478 e. The molecule has 0 bridgehead atoms. The molecule has 1 heterocycles. The number of rotatable bonds is 7. The van der Waals surface area contributed by atoms with E-state index >= 15 is 0 Å². The van der Waals surface area contributed by atoms with Gasteiger partial charge in [0.1, 0.15) is 24.3 Å². The molecule has 0 amide bonds. The van der Waals surface area contributed by atoms with Gasteiger partial charge in [-0.1, -0.05) is 24.3 Å². The summed E-state index contributed by atoms with van der Waals surface area (Å²) in [6.07, 6.45) is 0. The van der Waals surface area contributed by atoms with Crippen LogP contribution in [0, 0.1) is 0 Å². The van der Waals surface area contributed by atoms with Gasteiger partial charge in [0, 0.05) is 47.2 Å². The van der Waals surface area contributed by atoms with Gasteiger partial charge in [0.05, 0.1) is 5.56 Å². The summed E-state index contributed by atoms with van der Waals surface area (Å²) in [4.78, 5) is 14.7. The molecule has 0 aliphatic carbocycles. The molecule has 5 aromatic carbocycles. The van der Waals surface area contributed by atoms with Crippen LogP contribution in [0.1, 0.15) is 38.1 Å². The highest BCUT2D eigenvalue weighted by Crippen LogP contribution is 2.41. The fourth-order valence-corrected chi connectivity index (χ4v) is 6.10. The lowest BCUT2D eigenvalue weighted by Crippen LogP contribution is -2.29. The summed E-state index contributed by atoms with van der Waals surface area (Å²) in [6.45, 7) is 12.4. The summed E-state index contributed by atoms with van der Waals surface area (Å²) < 4.78 is 8.98. The van der Waals surface area contributed by atoms with Crippen molar-refractivity contribution in [1.82, 2.24) is 4.58 Å². The zero-order chi connectivity index (χ0) is 28.7. The molecule has 5 nitrogen and oxygen atoms in total. The van der Waals surface area contributed by atoms with Crippen LogP contribution in [0.3, 0.4) is 0 Å². The minimum atomic E-state index is -0.947. The highest BCUT2D eigenvalue weighted by molar-refractivity contribution is 6.16. The average molecular weight is 544 g/mol. The van der Waals surface area contributed by atoms with E-state index in [0.717, 1.165) is 75.2 Å². The van der Waals surface area contributed by atoms with Crippen molar-refractivity contribution in [2.45, 2.75) is 27.7 Å². The number of hydrogen-bond acceptors (Lipinski definition) is 3. The van der Waals surface area contributed by atoms with Crippen LogP contribution in [-0.2, 0) is 0 Å². The Balaban J connectivity index is 1.74. The second kappa shape index (κ2) is 10.7. The molecule has 0 atom stereocenters. The Kier molecular flexibility index (Phi) is 6.96. The molecule has 41 heavy (non-hydrogen) atoms. The summed E-state index contributed by atoms with van der Waals surface area (Å²) in [5, 5.41) is 17.5. The maximum absolute atomic E-state index is 12.4. The topological polar surface area (TPSA) is 56.7 Å². The minimum absolute atomic E-state index is 0.273. The molecule has 0 saturated heterocycles. The van der Waals surface area contributed by atoms with E-state index in [-0.39, 0.29) is 5.56 Å². The van der Waals surface area contributed by atoms with Crippen LogP contribution < -0.4 is 14.8 Å². The molecule has 206 valence electrons. The molecule has 0 saturated carbocycles. The Morgan fingerprint density at radius 3 is 1.95 bits per heavy atom. The second-order valence-corrected chi connectivity index (χ2v) is 10.4. The van der Waals surface area contributed by atoms with Crippen molar-refractivity contribution in [1.29, 1.82) is 0 Å². The molecule has 6 rings (SSSR count). The van der Waals surface area contributed by atoms with Crippen molar-refractivity contribution in [3.63, 3.8) is 0 Å². The first-order valence-electron chi connectivity index (χ1n) is 14.5. The van der Waals surface area contributed by atoms with Gasteiger partial charge in [-0.15, -0.1) is 0 Å². The summed E-state index contributed by atoms with van der Waals surface area (Å²) >= 11 is 0. The van der Waals surface area contributed by atoms with Crippen molar-refractivity contribution < 1.29 is 14.3 Å². The van der Waals surface area contributed by atoms with Crippen LogP contribution in [0.15, 0.2) is 89.3 Å². The van der Waals surface area contributed by atoms with Crippen LogP contribution in [-0.4, -0.2) is 37.3 Å². The summed E-state index contributed by atoms with van der Waals surface area (Å²) in [5.74, 6) is -0.947. The van der Waals surface area contributed by atoms with Gasteiger partial charge in [-0.3, -0.25) is 0 Å². The van der Waals surface area contributed by atoms with Gasteiger partial charge in [0.25, 0.3) is 0 Å². The molecule has 1 N–H and O–H groups in total. The van der Waals surface area contributed by atoms with Gasteiger partial charge in [-0.2, -0.15) is 0 Å². The molecule has 5 heteroatoms. The fourth-order valence-electron chi connectivity index (χ4n) is 6.10. The number of benzene rings is 5. The molecular weight excluding hydrogens is 508 g/mol. The number of carboxylic acid groups (broad SMARTS) is 1. The van der Waals surface area contributed by atoms with Crippen molar-refractivity contribution >= 4 is 55.1 Å². The zero-order valence-electron chi connectivity index (χ0n) is 24.1. The molecule has 0 aliphatic heterocycles. The SMILES string of the molecule is CCN(CC)c1ccc2cc3c(-c4ccccc4C(=O)O)c4cc5ccc(=[N+](CC)CC)cc5cc4oc3cc2c1. The molecule has 0 spiro atoms. The Bertz CT molecular complexity index is 2030. The lowest BCUT2D eigenvalue weighted by Gasteiger charge is -2.21. The maximum Gasteiger partial charge on any atom is 0.336 e. The summed E-state index contributed by atoms with van der Waals surface area (Å²) in [5.41, 5.74) is 4.48. The number of nitrogens with zero attached hydrogens (tertiary/aromatic N) is 2. The van der Waals surface area contributed by atoms with Gasteiger partial charge in [0.2, 0.25) is 5.36 Å². The van der Waals surface area contributed by atoms with E-state index in [1.807, 2.05) is 12.1 Å². The largest absolute Gasteiger partial charge is 0.478 e. The third-order valence-corrected chi connectivity index (χ3v) is 8.29. The van der Waals surface area contributed by atoms with Crippen molar-refractivity contribution in [2.75, 3.05) is 31.1 Å². The molecule has 0 fully saturated rings. The first-order chi connectivity index (χ1) is 19.9. The molecule has 0 unspecified atom stereocenters. The standard InChI is InChI=1S/C36H34N2O3/c1-5-37(6-2)27-15-13-23-19-31-33(21-25(23)17-27)41-34-22-26-18-28(38(7-3)8-4)16-14-24(26)20-32(34)35(31)29-11-9-10-12-30(29)36(39)40/h9-22H,5-8H2,1-4H3/p+1. The molecule has 1 aromatic heterocycles. The van der Waals surface area contributed by atoms with E-state index in [1.165, 1.54) is 11.0 Å². The maximum atomic E-state index is 12.4. The van der Waals surface area contributed by atoms with E-state index in [4.69, 9.17) is 4.42 Å². The second-order valence-electron chi connectivity index (χ2n) is 10.4. The fraction of sp³-hybridized carbons (Fsp3) is 0.222. The Morgan fingerprint density at radius 2 is 1.34 bits per heavy atom. The Morgan fingerprint density at radius 1 is 0.732 bits per heavy atom. The molecular formula is C36H35N2O3+. The number of fused-ring (bicyclic) bond motifs is 4. The summed E-state index contributed by atoms with van der Waals surface area (Å²) in [7, 11) is 0. The van der Waals surface area contributed by atoms with Crippen molar-refractivity contribution in [2.24, 2.45) is 0 Å². The first kappa shape index (κ1) is 26.6. The van der Waals surface area contributed by atoms with E-state index < -0.39 is 5.97 Å². The van der Waals surface area contributed by atoms with Gasteiger partial charge in [-0.25, -0.2) is 9.37 Å². The Hall–Kier alpha value is -4.64. The predicted octanol–water partition coefficient (Wildman–Crippen LogP) is 7.92. The average Bonchev–Trinajstić information content (AvgIpc) is 2.99. The normalized spacial score (nSPS) is 11.5. The van der Waals surface area contributed by atoms with Gasteiger partial charge in [-0.05, 0) is 103 Å². The smallest absolute Gasteiger partial charge is 0.336 e. The number of aromatic carboxylic acids is 1. The monoisotopic (exact) mass is 543 g/mol. The van der Waals surface area contributed by atoms with Crippen LogP contribution in [0.25, 0.3) is 54.6 Å². The number of anilines is 1. The van der Waals surface area contributed by atoms with Crippen LogP contribution in [0.4, 0.5) is 5.69 Å². The van der Waals surface area contributed by atoms with Crippen molar-refractivity contribution in [3.05, 3.63) is 95.8 Å². The van der Waals surface area contributed by atoms with E-state index in [2.05, 4.69) is 97.8 Å². The van der Waals surface area contributed by atoms with E-state index in [1.54, 1.807) is 12.1 Å². The quantitative estimate of drug-likeness (QED) is 0.164. The van der Waals surface area contributed by atoms with Gasteiger partial charge in [0.15, 0.2) is 0 Å². The first-order valence-corrected chi connectivity index (χ1v) is 14.5. The Labute approximate surface area is 239 Å². The van der Waals surface area contributed by atoms with Crippen LogP contribution >= 0.6 is 0 Å². The van der Waals surface area contributed by atoms with Crippen molar-refractivity contribution in [3.8, 4) is 11.1 Å². The lowest BCUT2D eigenvalue weighted by molar-refractivity contribution is 0.0697. The number of hydrogen-bond donors (Lipinski definition) is 1. The number of carboxylic acids is 1. The number of carbonyl (C=O) groups is 1. The van der Waals surface area contributed by atoms with Crippen LogP contribution in [0.5, 0.6) is 0 Å². The third kappa shape index (κ3) is 4.61. The molecule has 0 aliphatic rings. The van der Waals surface area contributed by atoms with E-state index in [0.29, 0.717) is 5.56 Å². The molecule has 6 aromatic rings. The van der Waals surface area contributed by atoms with E-state index in [9.17, 15) is 9.90 Å².